The molecule has 1 aliphatic heterocycles. The molecule has 82 valence electrons. The van der Waals surface area contributed by atoms with Gasteiger partial charge in [-0.15, -0.1) is 0 Å². The van der Waals surface area contributed by atoms with Crippen LogP contribution in [0.3, 0.4) is 0 Å². The Morgan fingerprint density at radius 2 is 2.27 bits per heavy atom. The Labute approximate surface area is 111 Å². The van der Waals surface area contributed by atoms with E-state index in [1.165, 1.54) is 9.13 Å². The van der Waals surface area contributed by atoms with Crippen LogP contribution < -0.4 is 0 Å². The number of hydrogen-bond acceptors (Lipinski definition) is 2. The first-order valence-corrected chi connectivity index (χ1v) is 6.78. The van der Waals surface area contributed by atoms with Gasteiger partial charge in [0.2, 0.25) is 0 Å². The van der Waals surface area contributed by atoms with Crippen LogP contribution in [0.4, 0.5) is 0 Å². The summed E-state index contributed by atoms with van der Waals surface area (Å²) in [5.41, 5.74) is 1.17. The van der Waals surface area contributed by atoms with Crippen LogP contribution in [0.1, 0.15) is 24.5 Å². The number of rotatable bonds is 1. The van der Waals surface area contributed by atoms with Crippen molar-refractivity contribution in [2.75, 3.05) is 6.61 Å². The SMILES string of the molecule is OC1CCOC(c2cc(Br)ccc2I)C1. The maximum absolute atomic E-state index is 9.61. The van der Waals surface area contributed by atoms with Gasteiger partial charge in [0.05, 0.1) is 12.2 Å². The number of ether oxygens (including phenoxy) is 1. The molecule has 1 N–H and O–H groups in total. The van der Waals surface area contributed by atoms with Crippen LogP contribution in [0.5, 0.6) is 0 Å². The highest BCUT2D eigenvalue weighted by Gasteiger charge is 2.23. The second-order valence-electron chi connectivity index (χ2n) is 3.70. The molecule has 0 radical (unpaired) electrons. The molecule has 0 amide bonds. The second-order valence-corrected chi connectivity index (χ2v) is 5.78. The topological polar surface area (TPSA) is 29.5 Å². The average molecular weight is 383 g/mol. The lowest BCUT2D eigenvalue weighted by Gasteiger charge is -2.27. The number of benzene rings is 1. The van der Waals surface area contributed by atoms with E-state index < -0.39 is 0 Å². The molecule has 15 heavy (non-hydrogen) atoms. The van der Waals surface area contributed by atoms with Gasteiger partial charge < -0.3 is 9.84 Å². The molecule has 2 rings (SSSR count). The van der Waals surface area contributed by atoms with Gasteiger partial charge in [-0.2, -0.15) is 0 Å². The van der Waals surface area contributed by atoms with Gasteiger partial charge in [-0.05, 0) is 52.8 Å². The van der Waals surface area contributed by atoms with Gasteiger partial charge in [0.15, 0.2) is 0 Å². The highest BCUT2D eigenvalue weighted by atomic mass is 127. The zero-order valence-corrected chi connectivity index (χ0v) is 11.9. The van der Waals surface area contributed by atoms with Crippen LogP contribution in [0, 0.1) is 3.57 Å². The fraction of sp³-hybridized carbons (Fsp3) is 0.455. The predicted molar refractivity (Wildman–Crippen MR) is 70.8 cm³/mol. The third-order valence-electron chi connectivity index (χ3n) is 2.56. The molecule has 2 nitrogen and oxygen atoms in total. The Kier molecular flexibility index (Phi) is 4.04. The van der Waals surface area contributed by atoms with Crippen molar-refractivity contribution in [3.05, 3.63) is 31.8 Å². The van der Waals surface area contributed by atoms with Crippen molar-refractivity contribution in [1.82, 2.24) is 0 Å². The smallest absolute Gasteiger partial charge is 0.0860 e. The highest BCUT2D eigenvalue weighted by molar-refractivity contribution is 14.1. The van der Waals surface area contributed by atoms with Crippen LogP contribution in [0.15, 0.2) is 22.7 Å². The lowest BCUT2D eigenvalue weighted by molar-refractivity contribution is -0.0451. The number of aliphatic hydroxyl groups is 1. The minimum Gasteiger partial charge on any atom is -0.393 e. The Balaban J connectivity index is 2.24. The highest BCUT2D eigenvalue weighted by Crippen LogP contribution is 2.32. The minimum atomic E-state index is -0.224. The minimum absolute atomic E-state index is 0.0400. The quantitative estimate of drug-likeness (QED) is 0.755. The van der Waals surface area contributed by atoms with Crippen LogP contribution in [-0.2, 0) is 4.74 Å². The van der Waals surface area contributed by atoms with Crippen LogP contribution in [-0.4, -0.2) is 17.8 Å². The van der Waals surface area contributed by atoms with Crippen molar-refractivity contribution in [3.8, 4) is 0 Å². The normalized spacial score (nSPS) is 26.6. The summed E-state index contributed by atoms with van der Waals surface area (Å²) in [6.45, 7) is 0.647. The van der Waals surface area contributed by atoms with Crippen LogP contribution >= 0.6 is 38.5 Å². The van der Waals surface area contributed by atoms with Gasteiger partial charge in [0.1, 0.15) is 0 Å². The number of aliphatic hydroxyl groups excluding tert-OH is 1. The van der Waals surface area contributed by atoms with E-state index in [1.54, 1.807) is 0 Å². The lowest BCUT2D eigenvalue weighted by Crippen LogP contribution is -2.23. The summed E-state index contributed by atoms with van der Waals surface area (Å²) >= 11 is 5.76. The predicted octanol–water partition coefficient (Wildman–Crippen LogP) is 3.27. The molecule has 0 spiro atoms. The summed E-state index contributed by atoms with van der Waals surface area (Å²) < 4.78 is 7.93. The molecule has 2 unspecified atom stereocenters. The summed E-state index contributed by atoms with van der Waals surface area (Å²) in [4.78, 5) is 0. The Morgan fingerprint density at radius 1 is 1.47 bits per heavy atom. The molecule has 1 aliphatic rings. The van der Waals surface area contributed by atoms with Crippen LogP contribution in [0.25, 0.3) is 0 Å². The molecule has 1 heterocycles. The van der Waals surface area contributed by atoms with E-state index in [0.29, 0.717) is 13.0 Å². The van der Waals surface area contributed by atoms with Gasteiger partial charge >= 0.3 is 0 Å². The zero-order valence-electron chi connectivity index (χ0n) is 8.12. The van der Waals surface area contributed by atoms with Crippen molar-refractivity contribution >= 4 is 38.5 Å². The van der Waals surface area contributed by atoms with E-state index in [4.69, 9.17) is 4.74 Å². The van der Waals surface area contributed by atoms with E-state index in [0.717, 1.165) is 10.9 Å². The molecule has 1 aromatic rings. The summed E-state index contributed by atoms with van der Waals surface area (Å²) in [6.07, 6.45) is 1.27. The molecule has 4 heteroatoms. The average Bonchev–Trinajstić information content (AvgIpc) is 2.22. The molecule has 1 fully saturated rings. The largest absolute Gasteiger partial charge is 0.393 e. The first-order chi connectivity index (χ1) is 7.16. The molecule has 1 aromatic carbocycles. The zero-order chi connectivity index (χ0) is 10.8. The summed E-state index contributed by atoms with van der Waals surface area (Å²) in [6, 6.07) is 6.15. The Bertz CT molecular complexity index is 356. The van der Waals surface area contributed by atoms with Crippen LogP contribution in [0.2, 0.25) is 0 Å². The number of hydrogen-bond donors (Lipinski definition) is 1. The summed E-state index contributed by atoms with van der Waals surface area (Å²) in [5, 5.41) is 9.61. The molecule has 2 atom stereocenters. The Hall–Kier alpha value is 0.350. The monoisotopic (exact) mass is 382 g/mol. The second kappa shape index (κ2) is 5.12. The molecule has 0 bridgehead atoms. The summed E-state index contributed by atoms with van der Waals surface area (Å²) in [5.74, 6) is 0. The molecule has 1 saturated heterocycles. The van der Waals surface area contributed by atoms with Gasteiger partial charge in [-0.25, -0.2) is 0 Å². The molecule has 0 aliphatic carbocycles. The maximum atomic E-state index is 9.61. The van der Waals surface area contributed by atoms with E-state index in [-0.39, 0.29) is 12.2 Å². The van der Waals surface area contributed by atoms with E-state index >= 15 is 0 Å². The molecular formula is C11H12BrIO2. The van der Waals surface area contributed by atoms with Crippen molar-refractivity contribution < 1.29 is 9.84 Å². The Morgan fingerprint density at radius 3 is 3.00 bits per heavy atom. The van der Waals surface area contributed by atoms with Crippen molar-refractivity contribution in [1.29, 1.82) is 0 Å². The van der Waals surface area contributed by atoms with Gasteiger partial charge in [0.25, 0.3) is 0 Å². The lowest BCUT2D eigenvalue weighted by atomic mass is 9.99. The maximum Gasteiger partial charge on any atom is 0.0860 e. The third kappa shape index (κ3) is 2.93. The standard InChI is InChI=1S/C11H12BrIO2/c12-7-1-2-10(13)9(5-7)11-6-8(14)3-4-15-11/h1-2,5,8,11,14H,3-4,6H2. The van der Waals surface area contributed by atoms with Crippen molar-refractivity contribution in [2.45, 2.75) is 25.0 Å². The first-order valence-electron chi connectivity index (χ1n) is 4.91. The first kappa shape index (κ1) is 11.8. The van der Waals surface area contributed by atoms with Crippen molar-refractivity contribution in [3.63, 3.8) is 0 Å². The van der Waals surface area contributed by atoms with Gasteiger partial charge in [-0.1, -0.05) is 15.9 Å². The van der Waals surface area contributed by atoms with E-state index in [1.807, 2.05) is 6.07 Å². The molecular weight excluding hydrogens is 371 g/mol. The fourth-order valence-corrected chi connectivity index (χ4v) is 2.82. The molecule has 0 aromatic heterocycles. The third-order valence-corrected chi connectivity index (χ3v) is 4.04. The van der Waals surface area contributed by atoms with E-state index in [9.17, 15) is 5.11 Å². The van der Waals surface area contributed by atoms with Crippen molar-refractivity contribution in [2.24, 2.45) is 0 Å². The van der Waals surface area contributed by atoms with E-state index in [2.05, 4.69) is 50.7 Å². The van der Waals surface area contributed by atoms with Gasteiger partial charge in [0, 0.05) is 21.1 Å². The number of halogens is 2. The molecule has 0 saturated carbocycles. The van der Waals surface area contributed by atoms with Gasteiger partial charge in [-0.3, -0.25) is 0 Å². The summed E-state index contributed by atoms with van der Waals surface area (Å²) in [7, 11) is 0. The fourth-order valence-electron chi connectivity index (χ4n) is 1.76.